The molecule has 100 valence electrons. The van der Waals surface area contributed by atoms with Gasteiger partial charge in [-0.3, -0.25) is 0 Å². The van der Waals surface area contributed by atoms with Crippen molar-refractivity contribution in [1.29, 1.82) is 0 Å². The van der Waals surface area contributed by atoms with Gasteiger partial charge < -0.3 is 5.32 Å². The summed E-state index contributed by atoms with van der Waals surface area (Å²) in [6.45, 7) is 3.45. The number of rotatable bonds is 3. The molecule has 1 aliphatic heterocycles. The van der Waals surface area contributed by atoms with Gasteiger partial charge in [-0.2, -0.15) is 0 Å². The molecule has 0 aromatic carbocycles. The number of nitrogens with one attached hydrogen (secondary N) is 1. The summed E-state index contributed by atoms with van der Waals surface area (Å²) >= 11 is 5.77. The minimum Gasteiger partial charge on any atom is -0.317 e. The third-order valence-corrected chi connectivity index (χ3v) is 4.84. The lowest BCUT2D eigenvalue weighted by Crippen LogP contribution is -2.31. The Morgan fingerprint density at radius 2 is 2.06 bits per heavy atom. The van der Waals surface area contributed by atoms with Crippen LogP contribution in [-0.4, -0.2) is 37.2 Å². The van der Waals surface area contributed by atoms with Crippen molar-refractivity contribution in [2.45, 2.75) is 24.9 Å². The Labute approximate surface area is 112 Å². The molecule has 0 atom stereocenters. The van der Waals surface area contributed by atoms with Crippen LogP contribution in [0.4, 0.5) is 0 Å². The van der Waals surface area contributed by atoms with Gasteiger partial charge in [-0.25, -0.2) is 18.4 Å². The van der Waals surface area contributed by atoms with Gasteiger partial charge >= 0.3 is 0 Å². The second-order valence-electron chi connectivity index (χ2n) is 4.59. The number of aryl methyl sites for hydroxylation is 1. The first-order valence-corrected chi connectivity index (χ1v) is 7.95. The zero-order valence-corrected chi connectivity index (χ0v) is 11.8. The fourth-order valence-electron chi connectivity index (χ4n) is 2.08. The Bertz CT molecular complexity index is 507. The maximum absolute atomic E-state index is 12.2. The molecule has 1 aromatic rings. The Hall–Kier alpha value is -0.720. The first kappa shape index (κ1) is 13.7. The molecule has 2 heterocycles. The summed E-state index contributed by atoms with van der Waals surface area (Å²) in [5, 5.41) is 3.24. The molecule has 0 saturated carbocycles. The molecule has 1 aliphatic rings. The number of nitrogens with zero attached hydrogens (tertiary/aromatic N) is 2. The highest BCUT2D eigenvalue weighted by molar-refractivity contribution is 7.91. The van der Waals surface area contributed by atoms with Crippen molar-refractivity contribution in [3.8, 4) is 0 Å². The van der Waals surface area contributed by atoms with Crippen molar-refractivity contribution >= 4 is 21.4 Å². The minimum absolute atomic E-state index is 0.106. The molecule has 0 amide bonds. The molecule has 7 heteroatoms. The van der Waals surface area contributed by atoms with E-state index in [1.165, 1.54) is 0 Å². The van der Waals surface area contributed by atoms with Crippen molar-refractivity contribution in [1.82, 2.24) is 15.3 Å². The summed E-state index contributed by atoms with van der Waals surface area (Å²) in [5.41, 5.74) is 0.568. The fourth-order valence-corrected chi connectivity index (χ4v) is 3.99. The minimum atomic E-state index is -3.44. The zero-order valence-electron chi connectivity index (χ0n) is 10.2. The molecule has 0 bridgehead atoms. The highest BCUT2D eigenvalue weighted by atomic mass is 35.5. The molecule has 0 radical (unpaired) electrons. The lowest BCUT2D eigenvalue weighted by atomic mass is 10.0. The lowest BCUT2D eigenvalue weighted by molar-refractivity contribution is 0.400. The van der Waals surface area contributed by atoms with Crippen molar-refractivity contribution in [3.05, 3.63) is 16.9 Å². The summed E-state index contributed by atoms with van der Waals surface area (Å²) in [5.74, 6) is 0.285. The number of hydrogen-bond donors (Lipinski definition) is 1. The normalized spacial score (nSPS) is 17.9. The summed E-state index contributed by atoms with van der Waals surface area (Å²) in [7, 11) is -3.44. The van der Waals surface area contributed by atoms with Crippen LogP contribution in [0.2, 0.25) is 5.15 Å². The molecule has 1 aromatic heterocycles. The predicted molar refractivity (Wildman–Crippen MR) is 69.4 cm³/mol. The third-order valence-electron chi connectivity index (χ3n) is 2.99. The highest BCUT2D eigenvalue weighted by Gasteiger charge is 2.25. The molecule has 0 aliphatic carbocycles. The number of hydrogen-bond acceptors (Lipinski definition) is 5. The van der Waals surface area contributed by atoms with Crippen LogP contribution in [0.1, 0.15) is 18.5 Å². The topological polar surface area (TPSA) is 72.0 Å². The molecule has 18 heavy (non-hydrogen) atoms. The Morgan fingerprint density at radius 1 is 1.39 bits per heavy atom. The van der Waals surface area contributed by atoms with Crippen LogP contribution < -0.4 is 5.32 Å². The van der Waals surface area contributed by atoms with Gasteiger partial charge in [0.15, 0.2) is 0 Å². The van der Waals surface area contributed by atoms with Crippen molar-refractivity contribution in [3.63, 3.8) is 0 Å². The second kappa shape index (κ2) is 5.50. The average Bonchev–Trinajstić information content (AvgIpc) is 2.28. The van der Waals surface area contributed by atoms with E-state index in [-0.39, 0.29) is 22.0 Å². The molecule has 1 fully saturated rings. The van der Waals surface area contributed by atoms with Gasteiger partial charge in [0, 0.05) is 5.69 Å². The smallest absolute Gasteiger partial charge is 0.248 e. The monoisotopic (exact) mass is 289 g/mol. The van der Waals surface area contributed by atoms with Crippen LogP contribution in [-0.2, 0) is 9.84 Å². The van der Waals surface area contributed by atoms with E-state index in [2.05, 4.69) is 15.3 Å². The molecule has 1 saturated heterocycles. The molecule has 1 N–H and O–H groups in total. The van der Waals surface area contributed by atoms with E-state index in [9.17, 15) is 8.42 Å². The quantitative estimate of drug-likeness (QED) is 0.669. The van der Waals surface area contributed by atoms with E-state index in [0.717, 1.165) is 25.9 Å². The number of sulfone groups is 1. The summed E-state index contributed by atoms with van der Waals surface area (Å²) in [4.78, 5) is 7.79. The average molecular weight is 290 g/mol. The van der Waals surface area contributed by atoms with Gasteiger partial charge in [-0.05, 0) is 44.8 Å². The van der Waals surface area contributed by atoms with Crippen LogP contribution in [0.15, 0.2) is 11.2 Å². The second-order valence-corrected chi connectivity index (χ2v) is 6.90. The first-order valence-electron chi connectivity index (χ1n) is 5.92. The number of piperidine rings is 1. The van der Waals surface area contributed by atoms with Crippen molar-refractivity contribution < 1.29 is 8.42 Å². The van der Waals surface area contributed by atoms with E-state index in [4.69, 9.17) is 11.6 Å². The maximum Gasteiger partial charge on any atom is 0.248 e. The molecule has 0 unspecified atom stereocenters. The Kier molecular flexibility index (Phi) is 4.19. The van der Waals surface area contributed by atoms with Gasteiger partial charge in [-0.15, -0.1) is 0 Å². The lowest BCUT2D eigenvalue weighted by Gasteiger charge is -2.21. The van der Waals surface area contributed by atoms with Crippen LogP contribution >= 0.6 is 11.6 Å². The molecule has 2 rings (SSSR count). The van der Waals surface area contributed by atoms with Crippen LogP contribution in [0.5, 0.6) is 0 Å². The van der Waals surface area contributed by atoms with Crippen molar-refractivity contribution in [2.75, 3.05) is 18.8 Å². The predicted octanol–water partition coefficient (Wildman–Crippen LogP) is 1.21. The van der Waals surface area contributed by atoms with Gasteiger partial charge in [0.1, 0.15) is 5.15 Å². The van der Waals surface area contributed by atoms with Crippen molar-refractivity contribution in [2.24, 2.45) is 5.92 Å². The standard InChI is InChI=1S/C11H16ClN3O2S/c1-8-6-10(12)15-11(14-8)18(16,17)7-9-2-4-13-5-3-9/h6,9,13H,2-5,7H2,1H3. The van der Waals surface area contributed by atoms with E-state index in [0.29, 0.717) is 5.69 Å². The highest BCUT2D eigenvalue weighted by Crippen LogP contribution is 2.19. The van der Waals surface area contributed by atoms with E-state index in [1.807, 2.05) is 0 Å². The first-order chi connectivity index (χ1) is 8.47. The Balaban J connectivity index is 2.19. The van der Waals surface area contributed by atoms with Crippen LogP contribution in [0, 0.1) is 12.8 Å². The van der Waals surface area contributed by atoms with E-state index in [1.54, 1.807) is 13.0 Å². The number of halogens is 1. The summed E-state index contributed by atoms with van der Waals surface area (Å²) in [6, 6.07) is 1.55. The molecule has 0 spiro atoms. The summed E-state index contributed by atoms with van der Waals surface area (Å²) < 4.78 is 24.4. The molecule has 5 nitrogen and oxygen atoms in total. The van der Waals surface area contributed by atoms with Crippen LogP contribution in [0.25, 0.3) is 0 Å². The van der Waals surface area contributed by atoms with Gasteiger partial charge in [0.05, 0.1) is 5.75 Å². The third kappa shape index (κ3) is 3.40. The SMILES string of the molecule is Cc1cc(Cl)nc(S(=O)(=O)CC2CCNCC2)n1. The van der Waals surface area contributed by atoms with Gasteiger partial charge in [0.2, 0.25) is 15.0 Å². The number of aromatic nitrogens is 2. The molecular weight excluding hydrogens is 274 g/mol. The van der Waals surface area contributed by atoms with E-state index >= 15 is 0 Å². The van der Waals surface area contributed by atoms with Gasteiger partial charge in [-0.1, -0.05) is 11.6 Å². The maximum atomic E-state index is 12.2. The zero-order chi connectivity index (χ0) is 13.2. The molecular formula is C11H16ClN3O2S. The summed E-state index contributed by atoms with van der Waals surface area (Å²) in [6.07, 6.45) is 1.75. The van der Waals surface area contributed by atoms with E-state index < -0.39 is 9.84 Å². The fraction of sp³-hybridized carbons (Fsp3) is 0.636. The van der Waals surface area contributed by atoms with Gasteiger partial charge in [0.25, 0.3) is 0 Å². The van der Waals surface area contributed by atoms with Crippen LogP contribution in [0.3, 0.4) is 0 Å². The Morgan fingerprint density at radius 3 is 2.67 bits per heavy atom. The largest absolute Gasteiger partial charge is 0.317 e.